The number of nitriles is 1. The SMILES string of the molecule is COC(=O)c1ccc(COc2ccc(C=C(C#N)C(=O)NCCc3ccccc3)cc2OC)cc1. The maximum absolute atomic E-state index is 12.4. The Bertz CT molecular complexity index is 1230. The van der Waals surface area contributed by atoms with Gasteiger partial charge in [-0.1, -0.05) is 48.5 Å². The average Bonchev–Trinajstić information content (AvgIpc) is 2.91. The first-order valence-corrected chi connectivity index (χ1v) is 11.0. The van der Waals surface area contributed by atoms with Crippen LogP contribution in [0.4, 0.5) is 0 Å². The molecule has 7 heteroatoms. The van der Waals surface area contributed by atoms with Crippen molar-refractivity contribution in [2.75, 3.05) is 20.8 Å². The predicted octanol–water partition coefficient (Wildman–Crippen LogP) is 4.33. The third-order valence-electron chi connectivity index (χ3n) is 5.18. The summed E-state index contributed by atoms with van der Waals surface area (Å²) in [6, 6.07) is 23.8. The van der Waals surface area contributed by atoms with Crippen LogP contribution < -0.4 is 14.8 Å². The van der Waals surface area contributed by atoms with Gasteiger partial charge < -0.3 is 19.5 Å². The van der Waals surface area contributed by atoms with Crippen molar-refractivity contribution >= 4 is 18.0 Å². The number of nitrogens with zero attached hydrogens (tertiary/aromatic N) is 1. The largest absolute Gasteiger partial charge is 0.493 e. The van der Waals surface area contributed by atoms with Crippen LogP contribution >= 0.6 is 0 Å². The normalized spacial score (nSPS) is 10.7. The molecule has 3 aromatic rings. The van der Waals surface area contributed by atoms with Gasteiger partial charge in [-0.05, 0) is 53.5 Å². The molecule has 178 valence electrons. The molecule has 0 aliphatic rings. The molecule has 0 saturated heterocycles. The molecule has 0 aliphatic heterocycles. The fourth-order valence-electron chi connectivity index (χ4n) is 3.28. The van der Waals surface area contributed by atoms with Crippen molar-refractivity contribution < 1.29 is 23.8 Å². The second kappa shape index (κ2) is 12.6. The zero-order valence-electron chi connectivity index (χ0n) is 19.6. The van der Waals surface area contributed by atoms with E-state index in [2.05, 4.69) is 5.32 Å². The van der Waals surface area contributed by atoms with E-state index in [-0.39, 0.29) is 12.2 Å². The molecule has 1 amide bonds. The Hall–Kier alpha value is -4.57. The Morgan fingerprint density at radius 3 is 2.34 bits per heavy atom. The van der Waals surface area contributed by atoms with E-state index in [0.717, 1.165) is 11.1 Å². The lowest BCUT2D eigenvalue weighted by Crippen LogP contribution is -2.26. The third kappa shape index (κ3) is 7.21. The summed E-state index contributed by atoms with van der Waals surface area (Å²) in [7, 11) is 2.85. The topological polar surface area (TPSA) is 97.7 Å². The van der Waals surface area contributed by atoms with Gasteiger partial charge in [0.2, 0.25) is 0 Å². The Labute approximate surface area is 204 Å². The number of nitrogens with one attached hydrogen (secondary N) is 1. The Morgan fingerprint density at radius 1 is 0.943 bits per heavy atom. The number of amides is 1. The Morgan fingerprint density at radius 2 is 1.69 bits per heavy atom. The molecule has 0 radical (unpaired) electrons. The number of methoxy groups -OCH3 is 2. The number of carbonyl (C=O) groups is 2. The first-order chi connectivity index (χ1) is 17.0. The molecule has 0 spiro atoms. The summed E-state index contributed by atoms with van der Waals surface area (Å²) in [5.41, 5.74) is 3.06. The Kier molecular flexibility index (Phi) is 9.03. The van der Waals surface area contributed by atoms with Crippen LogP contribution in [-0.4, -0.2) is 32.6 Å². The smallest absolute Gasteiger partial charge is 0.337 e. The van der Waals surface area contributed by atoms with E-state index in [1.165, 1.54) is 20.3 Å². The van der Waals surface area contributed by atoms with E-state index < -0.39 is 11.9 Å². The molecule has 0 heterocycles. The second-order valence-corrected chi connectivity index (χ2v) is 7.55. The molecular formula is C28H26N2O5. The molecule has 0 aromatic heterocycles. The highest BCUT2D eigenvalue weighted by atomic mass is 16.5. The van der Waals surface area contributed by atoms with Gasteiger partial charge in [0.15, 0.2) is 11.5 Å². The summed E-state index contributed by atoms with van der Waals surface area (Å²) in [4.78, 5) is 24.0. The summed E-state index contributed by atoms with van der Waals surface area (Å²) < 4.78 is 16.0. The van der Waals surface area contributed by atoms with E-state index in [1.807, 2.05) is 36.4 Å². The van der Waals surface area contributed by atoms with Crippen molar-refractivity contribution in [1.82, 2.24) is 5.32 Å². The molecule has 3 rings (SSSR count). The molecule has 0 atom stereocenters. The molecule has 0 aliphatic carbocycles. The van der Waals surface area contributed by atoms with E-state index >= 15 is 0 Å². The van der Waals surface area contributed by atoms with Crippen molar-refractivity contribution in [3.8, 4) is 17.6 Å². The van der Waals surface area contributed by atoms with Crippen molar-refractivity contribution in [3.05, 3.63) is 101 Å². The van der Waals surface area contributed by atoms with Crippen LogP contribution in [0.1, 0.15) is 27.0 Å². The first-order valence-electron chi connectivity index (χ1n) is 11.0. The van der Waals surface area contributed by atoms with E-state index in [9.17, 15) is 14.9 Å². The number of benzene rings is 3. The zero-order valence-corrected chi connectivity index (χ0v) is 19.6. The zero-order chi connectivity index (χ0) is 25.0. The van der Waals surface area contributed by atoms with Gasteiger partial charge in [-0.25, -0.2) is 4.79 Å². The predicted molar refractivity (Wildman–Crippen MR) is 132 cm³/mol. The molecule has 7 nitrogen and oxygen atoms in total. The van der Waals surface area contributed by atoms with Crippen molar-refractivity contribution in [3.63, 3.8) is 0 Å². The molecule has 0 unspecified atom stereocenters. The monoisotopic (exact) mass is 470 g/mol. The van der Waals surface area contributed by atoms with Gasteiger partial charge in [-0.15, -0.1) is 0 Å². The lowest BCUT2D eigenvalue weighted by Gasteiger charge is -2.12. The van der Waals surface area contributed by atoms with Gasteiger partial charge in [0.05, 0.1) is 19.8 Å². The van der Waals surface area contributed by atoms with Crippen LogP contribution in [0.3, 0.4) is 0 Å². The molecule has 3 aromatic carbocycles. The quantitative estimate of drug-likeness (QED) is 0.269. The standard InChI is InChI=1S/C28H26N2O5/c1-33-26-17-22(16-24(18-29)27(31)30-15-14-20-6-4-3-5-7-20)10-13-25(26)35-19-21-8-11-23(12-9-21)28(32)34-2/h3-13,16-17H,14-15,19H2,1-2H3,(H,30,31). The highest BCUT2D eigenvalue weighted by molar-refractivity contribution is 6.01. The van der Waals surface area contributed by atoms with Gasteiger partial charge in [0, 0.05) is 6.54 Å². The van der Waals surface area contributed by atoms with E-state index in [4.69, 9.17) is 14.2 Å². The van der Waals surface area contributed by atoms with Gasteiger partial charge >= 0.3 is 5.97 Å². The highest BCUT2D eigenvalue weighted by Crippen LogP contribution is 2.29. The van der Waals surface area contributed by atoms with Gasteiger partial charge in [0.25, 0.3) is 5.91 Å². The molecule has 0 fully saturated rings. The van der Waals surface area contributed by atoms with Crippen LogP contribution in [0.15, 0.2) is 78.4 Å². The van der Waals surface area contributed by atoms with Crippen molar-refractivity contribution in [2.45, 2.75) is 13.0 Å². The Balaban J connectivity index is 1.62. The lowest BCUT2D eigenvalue weighted by atomic mass is 10.1. The summed E-state index contributed by atoms with van der Waals surface area (Å²) >= 11 is 0. The van der Waals surface area contributed by atoms with Crippen molar-refractivity contribution in [2.24, 2.45) is 0 Å². The second-order valence-electron chi connectivity index (χ2n) is 7.55. The minimum Gasteiger partial charge on any atom is -0.493 e. The highest BCUT2D eigenvalue weighted by Gasteiger charge is 2.11. The number of rotatable bonds is 10. The number of hydrogen-bond acceptors (Lipinski definition) is 6. The molecule has 35 heavy (non-hydrogen) atoms. The van der Waals surface area contributed by atoms with Crippen LogP contribution in [0, 0.1) is 11.3 Å². The number of carbonyl (C=O) groups excluding carboxylic acids is 2. The molecule has 0 bridgehead atoms. The van der Waals surface area contributed by atoms with Crippen molar-refractivity contribution in [1.29, 1.82) is 5.26 Å². The minimum atomic E-state index is -0.432. The van der Waals surface area contributed by atoms with Crippen LogP contribution in [-0.2, 0) is 22.6 Å². The average molecular weight is 471 g/mol. The summed E-state index contributed by atoms with van der Waals surface area (Å²) in [5.74, 6) is 0.141. The first kappa shape index (κ1) is 25.1. The number of ether oxygens (including phenoxy) is 3. The summed E-state index contributed by atoms with van der Waals surface area (Å²) in [6.45, 7) is 0.693. The maximum atomic E-state index is 12.4. The third-order valence-corrected chi connectivity index (χ3v) is 5.18. The van der Waals surface area contributed by atoms with E-state index in [0.29, 0.717) is 35.6 Å². The van der Waals surface area contributed by atoms with Gasteiger partial charge in [0.1, 0.15) is 18.2 Å². The van der Waals surface area contributed by atoms with Gasteiger partial charge in [-0.3, -0.25) is 4.79 Å². The number of esters is 1. The summed E-state index contributed by atoms with van der Waals surface area (Å²) in [5, 5.41) is 12.3. The number of hydrogen-bond donors (Lipinski definition) is 1. The molecule has 0 saturated carbocycles. The van der Waals surface area contributed by atoms with Gasteiger partial charge in [-0.2, -0.15) is 5.26 Å². The fourth-order valence-corrected chi connectivity index (χ4v) is 3.28. The van der Waals surface area contributed by atoms with Crippen LogP contribution in [0.25, 0.3) is 6.08 Å². The lowest BCUT2D eigenvalue weighted by molar-refractivity contribution is -0.117. The molecular weight excluding hydrogens is 444 g/mol. The molecule has 1 N–H and O–H groups in total. The maximum Gasteiger partial charge on any atom is 0.337 e. The summed E-state index contributed by atoms with van der Waals surface area (Å²) in [6.07, 6.45) is 2.19. The van der Waals surface area contributed by atoms with Crippen LogP contribution in [0.5, 0.6) is 11.5 Å². The minimum absolute atomic E-state index is 0.000483. The van der Waals surface area contributed by atoms with E-state index in [1.54, 1.807) is 42.5 Å². The van der Waals surface area contributed by atoms with Crippen LogP contribution in [0.2, 0.25) is 0 Å². The fraction of sp³-hybridized carbons (Fsp3) is 0.179.